The SMILES string of the molecule is CCn1cnc(C(C)(C)C)c(Br)c1=O. The van der Waals surface area contributed by atoms with Crippen LogP contribution < -0.4 is 5.56 Å². The molecular weight excluding hydrogens is 244 g/mol. The zero-order valence-corrected chi connectivity index (χ0v) is 10.6. The molecule has 0 amide bonds. The van der Waals surface area contributed by atoms with Crippen molar-refractivity contribution in [3.05, 3.63) is 26.8 Å². The van der Waals surface area contributed by atoms with E-state index < -0.39 is 0 Å². The first-order valence-electron chi connectivity index (χ1n) is 4.63. The van der Waals surface area contributed by atoms with Crippen LogP contribution in [0, 0.1) is 0 Å². The van der Waals surface area contributed by atoms with Gasteiger partial charge in [0, 0.05) is 12.0 Å². The predicted octanol–water partition coefficient (Wildman–Crippen LogP) is 2.32. The number of hydrogen-bond acceptors (Lipinski definition) is 2. The Labute approximate surface area is 92.3 Å². The third-order valence-corrected chi connectivity index (χ3v) is 2.75. The third kappa shape index (κ3) is 2.05. The van der Waals surface area contributed by atoms with Crippen molar-refractivity contribution >= 4 is 15.9 Å². The van der Waals surface area contributed by atoms with Crippen molar-refractivity contribution in [1.29, 1.82) is 0 Å². The normalized spacial score (nSPS) is 11.8. The van der Waals surface area contributed by atoms with Gasteiger partial charge in [-0.2, -0.15) is 0 Å². The van der Waals surface area contributed by atoms with Gasteiger partial charge in [0.05, 0.1) is 12.0 Å². The minimum atomic E-state index is -0.106. The molecule has 1 aromatic heterocycles. The van der Waals surface area contributed by atoms with Crippen molar-refractivity contribution < 1.29 is 0 Å². The Balaban J connectivity index is 3.40. The van der Waals surface area contributed by atoms with Crippen molar-refractivity contribution in [3.8, 4) is 0 Å². The zero-order valence-electron chi connectivity index (χ0n) is 8.97. The Bertz CT molecular complexity index is 390. The van der Waals surface area contributed by atoms with E-state index in [4.69, 9.17) is 0 Å². The van der Waals surface area contributed by atoms with Crippen LogP contribution in [0.15, 0.2) is 15.6 Å². The van der Waals surface area contributed by atoms with Gasteiger partial charge < -0.3 is 0 Å². The van der Waals surface area contributed by atoms with E-state index in [0.717, 1.165) is 5.69 Å². The molecule has 0 saturated carbocycles. The summed E-state index contributed by atoms with van der Waals surface area (Å²) in [5.41, 5.74) is 0.699. The lowest BCUT2D eigenvalue weighted by Crippen LogP contribution is -2.26. The van der Waals surface area contributed by atoms with Crippen LogP contribution in [0.5, 0.6) is 0 Å². The summed E-state index contributed by atoms with van der Waals surface area (Å²) in [5.74, 6) is 0. The average molecular weight is 259 g/mol. The molecule has 1 rings (SSSR count). The van der Waals surface area contributed by atoms with Gasteiger partial charge in [-0.15, -0.1) is 0 Å². The van der Waals surface area contributed by atoms with E-state index in [9.17, 15) is 4.79 Å². The fraction of sp³-hybridized carbons (Fsp3) is 0.600. The summed E-state index contributed by atoms with van der Waals surface area (Å²) in [6.07, 6.45) is 1.60. The number of halogens is 1. The Morgan fingerprint density at radius 3 is 2.50 bits per heavy atom. The summed E-state index contributed by atoms with van der Waals surface area (Å²) in [4.78, 5) is 16.0. The van der Waals surface area contributed by atoms with Crippen LogP contribution in [0.1, 0.15) is 33.4 Å². The van der Waals surface area contributed by atoms with Gasteiger partial charge in [-0.3, -0.25) is 9.36 Å². The maximum Gasteiger partial charge on any atom is 0.267 e. The predicted molar refractivity (Wildman–Crippen MR) is 60.6 cm³/mol. The molecule has 3 nitrogen and oxygen atoms in total. The molecule has 0 aliphatic heterocycles. The van der Waals surface area contributed by atoms with Gasteiger partial charge in [0.15, 0.2) is 0 Å². The lowest BCUT2D eigenvalue weighted by atomic mass is 9.92. The van der Waals surface area contributed by atoms with Gasteiger partial charge in [-0.05, 0) is 22.9 Å². The van der Waals surface area contributed by atoms with Gasteiger partial charge >= 0.3 is 0 Å². The monoisotopic (exact) mass is 258 g/mol. The molecule has 0 radical (unpaired) electrons. The molecule has 78 valence electrons. The summed E-state index contributed by atoms with van der Waals surface area (Å²) in [7, 11) is 0. The largest absolute Gasteiger partial charge is 0.299 e. The first-order valence-corrected chi connectivity index (χ1v) is 5.42. The first kappa shape index (κ1) is 11.4. The first-order chi connectivity index (χ1) is 6.38. The topological polar surface area (TPSA) is 34.9 Å². The highest BCUT2D eigenvalue weighted by molar-refractivity contribution is 9.10. The van der Waals surface area contributed by atoms with E-state index in [0.29, 0.717) is 11.0 Å². The Kier molecular flexibility index (Phi) is 3.14. The van der Waals surface area contributed by atoms with E-state index >= 15 is 0 Å². The minimum Gasteiger partial charge on any atom is -0.299 e. The maximum atomic E-state index is 11.7. The molecule has 0 aromatic carbocycles. The average Bonchev–Trinajstić information content (AvgIpc) is 2.07. The van der Waals surface area contributed by atoms with Crippen LogP contribution in [0.4, 0.5) is 0 Å². The number of aromatic nitrogens is 2. The molecule has 0 bridgehead atoms. The molecule has 0 N–H and O–H groups in total. The van der Waals surface area contributed by atoms with Crippen molar-refractivity contribution in [2.45, 2.75) is 39.7 Å². The number of rotatable bonds is 1. The second-order valence-corrected chi connectivity index (χ2v) is 5.04. The molecular formula is C10H15BrN2O. The molecule has 14 heavy (non-hydrogen) atoms. The van der Waals surface area contributed by atoms with E-state index in [-0.39, 0.29) is 11.0 Å². The van der Waals surface area contributed by atoms with Crippen molar-refractivity contribution in [3.63, 3.8) is 0 Å². The summed E-state index contributed by atoms with van der Waals surface area (Å²) in [5, 5.41) is 0. The highest BCUT2D eigenvalue weighted by Gasteiger charge is 2.21. The van der Waals surface area contributed by atoms with Crippen LogP contribution in [0.2, 0.25) is 0 Å². The van der Waals surface area contributed by atoms with Crippen molar-refractivity contribution in [1.82, 2.24) is 9.55 Å². The van der Waals surface area contributed by atoms with Crippen LogP contribution in [-0.2, 0) is 12.0 Å². The van der Waals surface area contributed by atoms with E-state index in [2.05, 4.69) is 20.9 Å². The molecule has 0 atom stereocenters. The molecule has 0 aliphatic carbocycles. The smallest absolute Gasteiger partial charge is 0.267 e. The summed E-state index contributed by atoms with van der Waals surface area (Å²) in [6.45, 7) is 8.68. The molecule has 0 fully saturated rings. The van der Waals surface area contributed by atoms with Gasteiger partial charge in [-0.1, -0.05) is 20.8 Å². The van der Waals surface area contributed by atoms with E-state index in [1.807, 2.05) is 27.7 Å². The van der Waals surface area contributed by atoms with Crippen LogP contribution in [-0.4, -0.2) is 9.55 Å². The second-order valence-electron chi connectivity index (χ2n) is 4.25. The Hall–Kier alpha value is -0.640. The lowest BCUT2D eigenvalue weighted by Gasteiger charge is -2.19. The van der Waals surface area contributed by atoms with Crippen LogP contribution in [0.25, 0.3) is 0 Å². The van der Waals surface area contributed by atoms with E-state index in [1.54, 1.807) is 10.9 Å². The quantitative estimate of drug-likeness (QED) is 0.775. The van der Waals surface area contributed by atoms with Gasteiger partial charge in [0.25, 0.3) is 5.56 Å². The van der Waals surface area contributed by atoms with Crippen LogP contribution >= 0.6 is 15.9 Å². The lowest BCUT2D eigenvalue weighted by molar-refractivity contribution is 0.550. The summed E-state index contributed by atoms with van der Waals surface area (Å²) < 4.78 is 2.16. The van der Waals surface area contributed by atoms with Crippen molar-refractivity contribution in [2.75, 3.05) is 0 Å². The van der Waals surface area contributed by atoms with Crippen molar-refractivity contribution in [2.24, 2.45) is 0 Å². The van der Waals surface area contributed by atoms with Gasteiger partial charge in [0.2, 0.25) is 0 Å². The highest BCUT2D eigenvalue weighted by atomic mass is 79.9. The van der Waals surface area contributed by atoms with Gasteiger partial charge in [0.1, 0.15) is 4.47 Å². The van der Waals surface area contributed by atoms with Gasteiger partial charge in [-0.25, -0.2) is 4.98 Å². The third-order valence-electron chi connectivity index (χ3n) is 2.03. The number of nitrogens with zero attached hydrogens (tertiary/aromatic N) is 2. The maximum absolute atomic E-state index is 11.7. The fourth-order valence-electron chi connectivity index (χ4n) is 1.21. The number of hydrogen-bond donors (Lipinski definition) is 0. The number of aryl methyl sites for hydroxylation is 1. The van der Waals surface area contributed by atoms with Crippen LogP contribution in [0.3, 0.4) is 0 Å². The minimum absolute atomic E-state index is 0.00701. The molecule has 0 spiro atoms. The highest BCUT2D eigenvalue weighted by Crippen LogP contribution is 2.24. The molecule has 0 aliphatic rings. The Morgan fingerprint density at radius 1 is 1.50 bits per heavy atom. The zero-order chi connectivity index (χ0) is 10.9. The van der Waals surface area contributed by atoms with E-state index in [1.165, 1.54) is 0 Å². The summed E-state index contributed by atoms with van der Waals surface area (Å²) in [6, 6.07) is 0. The molecule has 1 aromatic rings. The molecule has 1 heterocycles. The standard InChI is InChI=1S/C10H15BrN2O/c1-5-13-6-12-8(10(2,3)4)7(11)9(13)14/h6H,5H2,1-4H3. The Morgan fingerprint density at radius 2 is 2.07 bits per heavy atom. The fourth-order valence-corrected chi connectivity index (χ4v) is 2.14. The summed E-state index contributed by atoms with van der Waals surface area (Å²) >= 11 is 3.31. The molecule has 4 heteroatoms. The second kappa shape index (κ2) is 3.85. The molecule has 0 saturated heterocycles. The molecule has 0 unspecified atom stereocenters.